The van der Waals surface area contributed by atoms with E-state index in [-0.39, 0.29) is 12.5 Å². The van der Waals surface area contributed by atoms with Crippen LogP contribution in [0.5, 0.6) is 0 Å². The molecule has 0 aromatic heterocycles. The number of rotatable bonds is 2. The maximum Gasteiger partial charge on any atom is 0.327 e. The molecule has 0 atom stereocenters. The molecule has 0 saturated heterocycles. The van der Waals surface area contributed by atoms with E-state index >= 15 is 0 Å². The van der Waals surface area contributed by atoms with Crippen LogP contribution in [-0.4, -0.2) is 31.4 Å². The number of nitrogens with zero attached hydrogens (tertiary/aromatic N) is 1. The van der Waals surface area contributed by atoms with Crippen LogP contribution in [0.1, 0.15) is 11.1 Å². The van der Waals surface area contributed by atoms with E-state index in [9.17, 15) is 9.59 Å². The summed E-state index contributed by atoms with van der Waals surface area (Å²) in [6.45, 7) is -0.0968. The van der Waals surface area contributed by atoms with E-state index in [0.717, 1.165) is 11.1 Å². The SMILES string of the molecule is COC(=O)CN=C1NC(=O)Cc2ccccc21. The molecule has 17 heavy (non-hydrogen) atoms. The zero-order valence-electron chi connectivity index (χ0n) is 9.40. The van der Waals surface area contributed by atoms with E-state index in [1.807, 2.05) is 24.3 Å². The van der Waals surface area contributed by atoms with Crippen molar-refractivity contribution in [3.05, 3.63) is 35.4 Å². The minimum Gasteiger partial charge on any atom is -0.468 e. The Morgan fingerprint density at radius 2 is 2.24 bits per heavy atom. The number of fused-ring (bicyclic) bond motifs is 1. The fraction of sp³-hybridized carbons (Fsp3) is 0.250. The summed E-state index contributed by atoms with van der Waals surface area (Å²) in [6.07, 6.45) is 0.341. The van der Waals surface area contributed by atoms with Gasteiger partial charge in [0.2, 0.25) is 5.91 Å². The van der Waals surface area contributed by atoms with Crippen molar-refractivity contribution in [2.75, 3.05) is 13.7 Å². The Morgan fingerprint density at radius 1 is 1.47 bits per heavy atom. The summed E-state index contributed by atoms with van der Waals surface area (Å²) >= 11 is 0. The standard InChI is InChI=1S/C12H12N2O3/c1-17-11(16)7-13-12-9-5-3-2-4-8(9)6-10(15)14-12/h2-5H,6-7H2,1H3,(H,13,14,15). The first-order valence-electron chi connectivity index (χ1n) is 5.20. The molecule has 1 heterocycles. The predicted molar refractivity (Wildman–Crippen MR) is 61.7 cm³/mol. The van der Waals surface area contributed by atoms with Gasteiger partial charge in [0, 0.05) is 5.56 Å². The molecular formula is C12H12N2O3. The Labute approximate surface area is 98.5 Å². The number of amidine groups is 1. The predicted octanol–water partition coefficient (Wildman–Crippen LogP) is 0.278. The van der Waals surface area contributed by atoms with Gasteiger partial charge in [-0.2, -0.15) is 0 Å². The molecule has 2 rings (SSSR count). The van der Waals surface area contributed by atoms with Crippen molar-refractivity contribution in [2.24, 2.45) is 4.99 Å². The Bertz CT molecular complexity index is 494. The fourth-order valence-electron chi connectivity index (χ4n) is 1.65. The quantitative estimate of drug-likeness (QED) is 0.745. The average Bonchev–Trinajstić information content (AvgIpc) is 2.35. The molecule has 0 spiro atoms. The second-order valence-corrected chi connectivity index (χ2v) is 3.62. The molecule has 88 valence electrons. The van der Waals surface area contributed by atoms with Crippen molar-refractivity contribution < 1.29 is 14.3 Å². The van der Waals surface area contributed by atoms with Crippen molar-refractivity contribution in [3.63, 3.8) is 0 Å². The molecule has 5 nitrogen and oxygen atoms in total. The minimum atomic E-state index is -0.435. The molecule has 0 fully saturated rings. The number of aliphatic imine (C=N–C) groups is 1. The van der Waals surface area contributed by atoms with Gasteiger partial charge in [-0.15, -0.1) is 0 Å². The van der Waals surface area contributed by atoms with Crippen LogP contribution < -0.4 is 5.32 Å². The molecular weight excluding hydrogens is 220 g/mol. The van der Waals surface area contributed by atoms with Gasteiger partial charge in [-0.05, 0) is 5.56 Å². The molecule has 0 radical (unpaired) electrons. The van der Waals surface area contributed by atoms with Gasteiger partial charge >= 0.3 is 5.97 Å². The normalized spacial score (nSPS) is 16.3. The van der Waals surface area contributed by atoms with Gasteiger partial charge in [-0.1, -0.05) is 24.3 Å². The highest BCUT2D eigenvalue weighted by molar-refractivity contribution is 6.12. The van der Waals surface area contributed by atoms with Crippen LogP contribution in [0.15, 0.2) is 29.3 Å². The van der Waals surface area contributed by atoms with E-state index in [1.165, 1.54) is 7.11 Å². The summed E-state index contributed by atoms with van der Waals surface area (Å²) in [6, 6.07) is 7.48. The molecule has 0 aliphatic carbocycles. The molecule has 1 aromatic rings. The fourth-order valence-corrected chi connectivity index (χ4v) is 1.65. The van der Waals surface area contributed by atoms with E-state index in [1.54, 1.807) is 0 Å². The lowest BCUT2D eigenvalue weighted by Crippen LogP contribution is -2.38. The van der Waals surface area contributed by atoms with Gasteiger partial charge < -0.3 is 10.1 Å². The Balaban J connectivity index is 2.29. The van der Waals surface area contributed by atoms with Crippen LogP contribution in [0.25, 0.3) is 0 Å². The molecule has 0 bridgehead atoms. The van der Waals surface area contributed by atoms with Crippen LogP contribution in [0.4, 0.5) is 0 Å². The van der Waals surface area contributed by atoms with Crippen molar-refractivity contribution in [2.45, 2.75) is 6.42 Å². The summed E-state index contributed by atoms with van der Waals surface area (Å²) in [4.78, 5) is 26.5. The number of amides is 1. The summed E-state index contributed by atoms with van der Waals surface area (Å²) < 4.78 is 4.50. The summed E-state index contributed by atoms with van der Waals surface area (Å²) in [7, 11) is 1.30. The van der Waals surface area contributed by atoms with Crippen LogP contribution in [-0.2, 0) is 20.7 Å². The van der Waals surface area contributed by atoms with Gasteiger partial charge in [-0.25, -0.2) is 0 Å². The maximum atomic E-state index is 11.4. The first kappa shape index (κ1) is 11.3. The van der Waals surface area contributed by atoms with Crippen molar-refractivity contribution in [1.82, 2.24) is 5.32 Å². The largest absolute Gasteiger partial charge is 0.468 e. The Hall–Kier alpha value is -2.17. The Morgan fingerprint density at radius 3 is 3.00 bits per heavy atom. The topological polar surface area (TPSA) is 67.8 Å². The van der Waals surface area contributed by atoms with Crippen LogP contribution in [0.3, 0.4) is 0 Å². The zero-order valence-corrected chi connectivity index (χ0v) is 9.40. The minimum absolute atomic E-state index is 0.0968. The summed E-state index contributed by atoms with van der Waals surface area (Å²) in [5.41, 5.74) is 1.77. The molecule has 1 amide bonds. The number of carbonyl (C=O) groups excluding carboxylic acids is 2. The van der Waals surface area contributed by atoms with Crippen molar-refractivity contribution in [1.29, 1.82) is 0 Å². The summed E-state index contributed by atoms with van der Waals surface area (Å²) in [5, 5.41) is 2.66. The van der Waals surface area contributed by atoms with E-state index in [2.05, 4.69) is 15.0 Å². The van der Waals surface area contributed by atoms with E-state index < -0.39 is 5.97 Å². The Kier molecular flexibility index (Phi) is 3.18. The third kappa shape index (κ3) is 2.50. The molecule has 1 N–H and O–H groups in total. The van der Waals surface area contributed by atoms with Crippen LogP contribution in [0, 0.1) is 0 Å². The first-order chi connectivity index (χ1) is 8.20. The van der Waals surface area contributed by atoms with Crippen molar-refractivity contribution in [3.8, 4) is 0 Å². The highest BCUT2D eigenvalue weighted by atomic mass is 16.5. The molecule has 5 heteroatoms. The first-order valence-corrected chi connectivity index (χ1v) is 5.20. The third-order valence-corrected chi connectivity index (χ3v) is 2.48. The summed E-state index contributed by atoms with van der Waals surface area (Å²) in [5.74, 6) is -0.121. The third-order valence-electron chi connectivity index (χ3n) is 2.48. The number of methoxy groups -OCH3 is 1. The smallest absolute Gasteiger partial charge is 0.327 e. The lowest BCUT2D eigenvalue weighted by molar-refractivity contribution is -0.138. The molecule has 1 aliphatic heterocycles. The van der Waals surface area contributed by atoms with Gasteiger partial charge in [-0.3, -0.25) is 14.6 Å². The van der Waals surface area contributed by atoms with E-state index in [4.69, 9.17) is 0 Å². The number of carbonyl (C=O) groups is 2. The second-order valence-electron chi connectivity index (χ2n) is 3.62. The van der Waals surface area contributed by atoms with Crippen LogP contribution in [0.2, 0.25) is 0 Å². The number of hydrogen-bond acceptors (Lipinski definition) is 4. The number of esters is 1. The van der Waals surface area contributed by atoms with Crippen LogP contribution >= 0.6 is 0 Å². The van der Waals surface area contributed by atoms with Crippen molar-refractivity contribution >= 4 is 17.7 Å². The lowest BCUT2D eigenvalue weighted by atomic mass is 10.00. The number of ether oxygens (including phenoxy) is 1. The highest BCUT2D eigenvalue weighted by Gasteiger charge is 2.19. The number of hydrogen-bond donors (Lipinski definition) is 1. The van der Waals surface area contributed by atoms with Gasteiger partial charge in [0.15, 0.2) is 0 Å². The maximum absolute atomic E-state index is 11.4. The second kappa shape index (κ2) is 4.78. The molecule has 0 saturated carbocycles. The van der Waals surface area contributed by atoms with Gasteiger partial charge in [0.1, 0.15) is 12.4 Å². The molecule has 0 unspecified atom stereocenters. The molecule has 1 aromatic carbocycles. The van der Waals surface area contributed by atoms with Gasteiger partial charge in [0.05, 0.1) is 13.5 Å². The monoisotopic (exact) mass is 232 g/mol. The highest BCUT2D eigenvalue weighted by Crippen LogP contribution is 2.14. The van der Waals surface area contributed by atoms with Gasteiger partial charge in [0.25, 0.3) is 0 Å². The zero-order chi connectivity index (χ0) is 12.3. The van der Waals surface area contributed by atoms with E-state index in [0.29, 0.717) is 12.3 Å². The number of benzene rings is 1. The molecule has 1 aliphatic rings. The number of nitrogens with one attached hydrogen (secondary N) is 1. The lowest BCUT2D eigenvalue weighted by Gasteiger charge is -2.18. The average molecular weight is 232 g/mol.